The number of allylic oxidation sites excluding steroid dienone is 2. The summed E-state index contributed by atoms with van der Waals surface area (Å²) in [5.74, 6) is 0.820. The van der Waals surface area contributed by atoms with E-state index in [1.807, 2.05) is 0 Å². The maximum Gasteiger partial charge on any atom is 0.209 e. The molecule has 58 heavy (non-hydrogen) atoms. The molecular weight excluding hydrogens is 705 g/mol. The molecule has 1 N–H and O–H groups in total. The van der Waals surface area contributed by atoms with Crippen LogP contribution in [0.5, 0.6) is 0 Å². The molecule has 0 amide bonds. The molecule has 12 rings (SSSR count). The minimum Gasteiger partial charge on any atom is -0.345 e. The first-order chi connectivity index (χ1) is 28.8. The lowest BCUT2D eigenvalue weighted by molar-refractivity contribution is 0.805. The monoisotopic (exact) mass is 740 g/mol. The van der Waals surface area contributed by atoms with Crippen LogP contribution >= 0.6 is 0 Å². The second-order valence-electron chi connectivity index (χ2n) is 15.2. The number of aliphatic imine (C=N–C) groups is 1. The number of hydrogen-bond acceptors (Lipinski definition) is 2. The molecule has 1 aliphatic carbocycles. The summed E-state index contributed by atoms with van der Waals surface area (Å²) in [7, 11) is 0. The highest BCUT2D eigenvalue weighted by atomic mass is 15.2. The van der Waals surface area contributed by atoms with E-state index < -0.39 is 0 Å². The summed E-state index contributed by atoms with van der Waals surface area (Å²) in [4.78, 5) is 5.44. The third kappa shape index (κ3) is 5.05. The van der Waals surface area contributed by atoms with Gasteiger partial charge >= 0.3 is 0 Å². The van der Waals surface area contributed by atoms with Crippen LogP contribution in [0.4, 0.5) is 0 Å². The highest BCUT2D eigenvalue weighted by molar-refractivity contribution is 6.24. The Morgan fingerprint density at radius 2 is 1.05 bits per heavy atom. The lowest BCUT2D eigenvalue weighted by atomic mass is 9.94. The minimum absolute atomic E-state index is 0.000384. The van der Waals surface area contributed by atoms with E-state index in [0.717, 1.165) is 28.3 Å². The van der Waals surface area contributed by atoms with Crippen molar-refractivity contribution in [1.82, 2.24) is 14.5 Å². The van der Waals surface area contributed by atoms with Gasteiger partial charge in [-0.05, 0) is 81.6 Å². The largest absolute Gasteiger partial charge is 0.345 e. The molecule has 3 heterocycles. The van der Waals surface area contributed by atoms with Gasteiger partial charge < -0.3 is 9.88 Å². The molecule has 4 nitrogen and oxygen atoms in total. The number of nitrogens with zero attached hydrogens (tertiary/aromatic N) is 3. The summed E-state index contributed by atoms with van der Waals surface area (Å²) in [5, 5.41) is 11.2. The fourth-order valence-corrected chi connectivity index (χ4v) is 9.25. The Bertz CT molecular complexity index is 3390. The maximum absolute atomic E-state index is 5.44. The topological polar surface area (TPSA) is 34.2 Å². The molecule has 2 aromatic heterocycles. The van der Waals surface area contributed by atoms with Crippen molar-refractivity contribution >= 4 is 66.0 Å². The van der Waals surface area contributed by atoms with Gasteiger partial charge in [-0.15, -0.1) is 0 Å². The molecule has 0 bridgehead atoms. The van der Waals surface area contributed by atoms with Gasteiger partial charge in [-0.25, -0.2) is 4.99 Å². The number of fused-ring (bicyclic) bond motifs is 9. The molecule has 0 spiro atoms. The average molecular weight is 741 g/mol. The maximum atomic E-state index is 5.44. The Hall–Kier alpha value is -7.69. The first-order valence-electron chi connectivity index (χ1n) is 19.9. The van der Waals surface area contributed by atoms with Crippen molar-refractivity contribution in [1.29, 1.82) is 0 Å². The smallest absolute Gasteiger partial charge is 0.209 e. The number of nitrogens with one attached hydrogen (secondary N) is 1. The van der Waals surface area contributed by atoms with Gasteiger partial charge in [-0.2, -0.15) is 0 Å². The van der Waals surface area contributed by atoms with E-state index in [1.54, 1.807) is 0 Å². The number of aromatic nitrogens is 2. The Morgan fingerprint density at radius 1 is 0.431 bits per heavy atom. The van der Waals surface area contributed by atoms with Gasteiger partial charge in [0.15, 0.2) is 0 Å². The van der Waals surface area contributed by atoms with Crippen LogP contribution in [0.15, 0.2) is 217 Å². The molecule has 4 heteroatoms. The lowest BCUT2D eigenvalue weighted by Crippen LogP contribution is -2.42. The average Bonchev–Trinajstić information content (AvgIpc) is 3.82. The number of benzene rings is 8. The molecule has 8 aromatic carbocycles. The number of hydrogen-bond donors (Lipinski definition) is 1. The molecule has 0 saturated carbocycles. The zero-order chi connectivity index (χ0) is 38.2. The van der Waals surface area contributed by atoms with Crippen molar-refractivity contribution in [3.63, 3.8) is 0 Å². The lowest BCUT2D eigenvalue weighted by Gasteiger charge is -2.28. The zero-order valence-corrected chi connectivity index (χ0v) is 31.5. The van der Waals surface area contributed by atoms with Crippen molar-refractivity contribution in [3.8, 4) is 27.9 Å². The van der Waals surface area contributed by atoms with E-state index in [9.17, 15) is 0 Å². The van der Waals surface area contributed by atoms with Crippen molar-refractivity contribution in [2.45, 2.75) is 6.04 Å². The molecule has 1 unspecified atom stereocenters. The Kier molecular flexibility index (Phi) is 7.26. The van der Waals surface area contributed by atoms with Crippen LogP contribution < -0.4 is 5.32 Å². The van der Waals surface area contributed by atoms with Gasteiger partial charge in [0.25, 0.3) is 0 Å². The fourth-order valence-electron chi connectivity index (χ4n) is 9.25. The second-order valence-corrected chi connectivity index (χ2v) is 15.2. The molecule has 0 saturated heterocycles. The summed E-state index contributed by atoms with van der Waals surface area (Å²) < 4.78 is 4.69. The van der Waals surface area contributed by atoms with Crippen LogP contribution in [0.25, 0.3) is 88.0 Å². The van der Waals surface area contributed by atoms with Gasteiger partial charge in [0.05, 0.1) is 33.8 Å². The molecule has 1 aliphatic heterocycles. The zero-order valence-electron chi connectivity index (χ0n) is 31.5. The number of para-hydroxylation sites is 3. The molecular formula is C54H36N4. The molecule has 10 aromatic rings. The first kappa shape index (κ1) is 32.5. The van der Waals surface area contributed by atoms with Gasteiger partial charge in [0.2, 0.25) is 5.96 Å². The molecule has 2 aliphatic rings. The van der Waals surface area contributed by atoms with Crippen LogP contribution in [0.3, 0.4) is 0 Å². The van der Waals surface area contributed by atoms with E-state index in [1.165, 1.54) is 76.9 Å². The van der Waals surface area contributed by atoms with Crippen molar-refractivity contribution in [2.75, 3.05) is 0 Å². The standard InChI is InChI=1S/C54H36N4/c1-3-13-35(14-4-1)36-23-25-37(26-24-36)53-44-18-7-10-20-47(44)55-54(56-53)58-49-22-12-9-19-45(49)52-42-30-27-38(33-40(42)29-32-51(52)58)39-28-31-50-46(34-39)43-17-8-11-21-48(43)57(50)41-15-5-2-6-16-41/h1-34,47H,(H,55,56). The van der Waals surface area contributed by atoms with Crippen molar-refractivity contribution in [3.05, 3.63) is 217 Å². The van der Waals surface area contributed by atoms with Crippen LogP contribution in [0.1, 0.15) is 5.56 Å². The summed E-state index contributed by atoms with van der Waals surface area (Å²) in [6.07, 6.45) is 8.64. The summed E-state index contributed by atoms with van der Waals surface area (Å²) in [5.41, 5.74) is 13.9. The summed E-state index contributed by atoms with van der Waals surface area (Å²) >= 11 is 0. The predicted molar refractivity (Wildman–Crippen MR) is 244 cm³/mol. The van der Waals surface area contributed by atoms with Crippen molar-refractivity contribution < 1.29 is 0 Å². The van der Waals surface area contributed by atoms with E-state index >= 15 is 0 Å². The predicted octanol–water partition coefficient (Wildman–Crippen LogP) is 13.1. The second kappa shape index (κ2) is 12.9. The van der Waals surface area contributed by atoms with E-state index in [2.05, 4.69) is 221 Å². The quantitative estimate of drug-likeness (QED) is 0.192. The molecule has 0 fully saturated rings. The Balaban J connectivity index is 0.988. The van der Waals surface area contributed by atoms with Crippen molar-refractivity contribution in [2.24, 2.45) is 4.99 Å². The fraction of sp³-hybridized carbons (Fsp3) is 0.0185. The van der Waals surface area contributed by atoms with Gasteiger partial charge in [-0.3, -0.25) is 4.57 Å². The Labute approximate surface area is 335 Å². The van der Waals surface area contributed by atoms with Gasteiger partial charge in [-0.1, -0.05) is 158 Å². The third-order valence-electron chi connectivity index (χ3n) is 12.0. The summed E-state index contributed by atoms with van der Waals surface area (Å²) in [6, 6.07) is 65.8. The van der Waals surface area contributed by atoms with E-state index in [-0.39, 0.29) is 6.04 Å². The van der Waals surface area contributed by atoms with Crippen LogP contribution in [-0.4, -0.2) is 21.1 Å². The van der Waals surface area contributed by atoms with E-state index in [4.69, 9.17) is 4.99 Å². The third-order valence-corrected chi connectivity index (χ3v) is 12.0. The highest BCUT2D eigenvalue weighted by Gasteiger charge is 2.27. The number of rotatable bonds is 4. The molecule has 272 valence electrons. The SMILES string of the molecule is C1=CC2=C(c3ccc(-c4ccccc4)cc3)N=C(n3c4ccccc4c4c5ccc(-c6ccc7c(c6)c6ccccc6n7-c6ccccc6)cc5ccc43)NC2C=C1. The Morgan fingerprint density at radius 3 is 1.88 bits per heavy atom. The van der Waals surface area contributed by atoms with Crippen LogP contribution in [0, 0.1) is 0 Å². The molecule has 0 radical (unpaired) electrons. The summed E-state index contributed by atoms with van der Waals surface area (Å²) in [6.45, 7) is 0. The van der Waals surface area contributed by atoms with Gasteiger partial charge in [0.1, 0.15) is 0 Å². The molecule has 1 atom stereocenters. The highest BCUT2D eigenvalue weighted by Crippen LogP contribution is 2.40. The van der Waals surface area contributed by atoms with E-state index in [0.29, 0.717) is 0 Å². The minimum atomic E-state index is -0.000384. The first-order valence-corrected chi connectivity index (χ1v) is 19.9. The van der Waals surface area contributed by atoms with Crippen LogP contribution in [0.2, 0.25) is 0 Å². The normalized spacial score (nSPS) is 15.1. The van der Waals surface area contributed by atoms with Gasteiger partial charge in [0, 0.05) is 38.4 Å². The van der Waals surface area contributed by atoms with Crippen LogP contribution in [-0.2, 0) is 0 Å².